The first kappa shape index (κ1) is 14.0. The SMILES string of the molecule is O=C(Nc1nnc(C2CCCO2)o1)c1cccc(SF)c1. The molecule has 110 valence electrons. The van der Waals surface area contributed by atoms with Crippen molar-refractivity contribution in [3.63, 3.8) is 0 Å². The van der Waals surface area contributed by atoms with Crippen molar-refractivity contribution in [1.29, 1.82) is 0 Å². The number of hydrogen-bond donors (Lipinski definition) is 1. The molecular formula is C13H12FN3O3S. The monoisotopic (exact) mass is 309 g/mol. The van der Waals surface area contributed by atoms with Gasteiger partial charge in [-0.05, 0) is 31.0 Å². The summed E-state index contributed by atoms with van der Waals surface area (Å²) in [5.74, 6) is -0.0793. The Balaban J connectivity index is 1.69. The number of hydrogen-bond acceptors (Lipinski definition) is 6. The van der Waals surface area contributed by atoms with E-state index >= 15 is 0 Å². The summed E-state index contributed by atoms with van der Waals surface area (Å²) in [5.41, 5.74) is 0.314. The van der Waals surface area contributed by atoms with Gasteiger partial charge < -0.3 is 9.15 Å². The number of carbonyl (C=O) groups excluding carboxylic acids is 1. The van der Waals surface area contributed by atoms with E-state index in [9.17, 15) is 8.68 Å². The van der Waals surface area contributed by atoms with Crippen LogP contribution in [0.15, 0.2) is 33.6 Å². The van der Waals surface area contributed by atoms with Gasteiger partial charge in [0.25, 0.3) is 5.91 Å². The normalized spacial score (nSPS) is 17.9. The van der Waals surface area contributed by atoms with Crippen LogP contribution in [0.25, 0.3) is 0 Å². The van der Waals surface area contributed by atoms with Crippen molar-refractivity contribution in [1.82, 2.24) is 10.2 Å². The van der Waals surface area contributed by atoms with E-state index in [-0.39, 0.29) is 24.3 Å². The van der Waals surface area contributed by atoms with E-state index < -0.39 is 5.91 Å². The molecule has 8 heteroatoms. The Hall–Kier alpha value is -1.93. The van der Waals surface area contributed by atoms with Crippen LogP contribution in [-0.4, -0.2) is 22.7 Å². The molecule has 1 aliphatic heterocycles. The summed E-state index contributed by atoms with van der Waals surface area (Å²) in [7, 11) is 0. The number of aromatic nitrogens is 2. The molecule has 21 heavy (non-hydrogen) atoms. The van der Waals surface area contributed by atoms with Crippen molar-refractivity contribution in [2.45, 2.75) is 23.8 Å². The van der Waals surface area contributed by atoms with Gasteiger partial charge in [-0.1, -0.05) is 11.2 Å². The number of rotatable bonds is 4. The van der Waals surface area contributed by atoms with E-state index in [1.165, 1.54) is 6.07 Å². The van der Waals surface area contributed by atoms with Crippen LogP contribution in [0.3, 0.4) is 0 Å². The minimum atomic E-state index is -0.437. The second-order valence-corrected chi connectivity index (χ2v) is 5.13. The lowest BCUT2D eigenvalue weighted by Gasteiger charge is -2.03. The van der Waals surface area contributed by atoms with Crippen LogP contribution >= 0.6 is 12.1 Å². The molecule has 1 fully saturated rings. The second kappa shape index (κ2) is 6.23. The minimum Gasteiger partial charge on any atom is -0.405 e. The Morgan fingerprint density at radius 1 is 1.43 bits per heavy atom. The molecule has 1 aromatic carbocycles. The number of amides is 1. The number of halogens is 1. The number of benzene rings is 1. The van der Waals surface area contributed by atoms with Crippen molar-refractivity contribution in [2.24, 2.45) is 0 Å². The molecule has 1 N–H and O–H groups in total. The van der Waals surface area contributed by atoms with Gasteiger partial charge in [0.15, 0.2) is 0 Å². The third-order valence-electron chi connectivity index (χ3n) is 3.05. The van der Waals surface area contributed by atoms with E-state index in [1.54, 1.807) is 18.2 Å². The van der Waals surface area contributed by atoms with Gasteiger partial charge in [-0.3, -0.25) is 10.1 Å². The van der Waals surface area contributed by atoms with Crippen LogP contribution in [0.4, 0.5) is 9.90 Å². The fourth-order valence-corrected chi connectivity index (χ4v) is 2.34. The van der Waals surface area contributed by atoms with Crippen LogP contribution in [0.1, 0.15) is 35.2 Å². The third-order valence-corrected chi connectivity index (χ3v) is 3.48. The molecule has 1 amide bonds. The summed E-state index contributed by atoms with van der Waals surface area (Å²) in [6, 6.07) is 6.19. The first-order chi connectivity index (χ1) is 10.3. The minimum absolute atomic E-state index is 0.00352. The zero-order valence-corrected chi connectivity index (χ0v) is 11.7. The Labute approximate surface area is 124 Å². The molecular weight excluding hydrogens is 297 g/mol. The maximum atomic E-state index is 12.5. The highest BCUT2D eigenvalue weighted by molar-refractivity contribution is 7.94. The molecule has 2 heterocycles. The maximum absolute atomic E-state index is 12.5. The molecule has 0 aliphatic carbocycles. The van der Waals surface area contributed by atoms with Crippen molar-refractivity contribution in [3.8, 4) is 0 Å². The van der Waals surface area contributed by atoms with Gasteiger partial charge in [0, 0.05) is 17.1 Å². The average molecular weight is 309 g/mol. The van der Waals surface area contributed by atoms with Crippen LogP contribution in [0.2, 0.25) is 0 Å². The predicted octanol–water partition coefficient (Wildman–Crippen LogP) is 3.15. The quantitative estimate of drug-likeness (QED) is 0.935. The number of ether oxygens (including phenoxy) is 1. The predicted molar refractivity (Wildman–Crippen MR) is 73.6 cm³/mol. The second-order valence-electron chi connectivity index (χ2n) is 4.51. The van der Waals surface area contributed by atoms with E-state index in [2.05, 4.69) is 15.5 Å². The molecule has 1 aliphatic rings. The highest BCUT2D eigenvalue weighted by Crippen LogP contribution is 2.28. The van der Waals surface area contributed by atoms with Crippen LogP contribution in [0, 0.1) is 0 Å². The topological polar surface area (TPSA) is 77.2 Å². The molecule has 2 aromatic rings. The Kier molecular flexibility index (Phi) is 4.16. The molecule has 0 spiro atoms. The van der Waals surface area contributed by atoms with E-state index in [1.807, 2.05) is 0 Å². The van der Waals surface area contributed by atoms with Crippen molar-refractivity contribution < 1.29 is 17.8 Å². The number of anilines is 1. The first-order valence-electron chi connectivity index (χ1n) is 6.41. The highest BCUT2D eigenvalue weighted by atomic mass is 32.2. The lowest BCUT2D eigenvalue weighted by molar-refractivity contribution is 0.0893. The summed E-state index contributed by atoms with van der Waals surface area (Å²) >= 11 is 0.0797. The van der Waals surface area contributed by atoms with Gasteiger partial charge in [-0.2, -0.15) is 3.89 Å². The standard InChI is InChI=1S/C13H12FN3O3S/c14-21-9-4-1-3-8(7-9)11(18)15-13-17-16-12(20-13)10-5-2-6-19-10/h1,3-4,7,10H,2,5-6H2,(H,15,17,18). The zero-order chi connectivity index (χ0) is 14.7. The third kappa shape index (κ3) is 3.22. The maximum Gasteiger partial charge on any atom is 0.322 e. The van der Waals surface area contributed by atoms with Crippen molar-refractivity contribution >= 4 is 24.1 Å². The lowest BCUT2D eigenvalue weighted by Crippen LogP contribution is -2.12. The van der Waals surface area contributed by atoms with Crippen LogP contribution < -0.4 is 5.32 Å². The molecule has 3 rings (SSSR count). The fourth-order valence-electron chi connectivity index (χ4n) is 2.04. The fraction of sp³-hybridized carbons (Fsp3) is 0.308. The van der Waals surface area contributed by atoms with Gasteiger partial charge in [-0.15, -0.1) is 5.10 Å². The first-order valence-corrected chi connectivity index (χ1v) is 7.13. The van der Waals surface area contributed by atoms with Gasteiger partial charge in [0.1, 0.15) is 6.10 Å². The average Bonchev–Trinajstić information content (AvgIpc) is 3.18. The van der Waals surface area contributed by atoms with Gasteiger partial charge in [-0.25, -0.2) is 0 Å². The smallest absolute Gasteiger partial charge is 0.322 e. The highest BCUT2D eigenvalue weighted by Gasteiger charge is 2.24. The molecule has 0 bridgehead atoms. The van der Waals surface area contributed by atoms with E-state index in [0.717, 1.165) is 12.8 Å². The van der Waals surface area contributed by atoms with Crippen molar-refractivity contribution in [3.05, 3.63) is 35.7 Å². The molecule has 0 radical (unpaired) electrons. The van der Waals surface area contributed by atoms with Gasteiger partial charge in [0.2, 0.25) is 5.89 Å². The summed E-state index contributed by atoms with van der Waals surface area (Å²) < 4.78 is 23.3. The molecule has 0 saturated carbocycles. The molecule has 1 saturated heterocycles. The van der Waals surface area contributed by atoms with E-state index in [0.29, 0.717) is 23.0 Å². The van der Waals surface area contributed by atoms with Crippen LogP contribution in [0.5, 0.6) is 0 Å². The lowest BCUT2D eigenvalue weighted by atomic mass is 10.2. The van der Waals surface area contributed by atoms with Gasteiger partial charge in [0.05, 0.1) is 12.1 Å². The molecule has 6 nitrogen and oxygen atoms in total. The summed E-state index contributed by atoms with van der Waals surface area (Å²) in [4.78, 5) is 12.4. The van der Waals surface area contributed by atoms with Gasteiger partial charge >= 0.3 is 6.01 Å². The van der Waals surface area contributed by atoms with Crippen LogP contribution in [-0.2, 0) is 4.74 Å². The van der Waals surface area contributed by atoms with E-state index in [4.69, 9.17) is 9.15 Å². The molecule has 1 atom stereocenters. The summed E-state index contributed by atoms with van der Waals surface area (Å²) in [6.45, 7) is 0.669. The zero-order valence-electron chi connectivity index (χ0n) is 10.9. The number of nitrogens with zero attached hydrogens (tertiary/aromatic N) is 2. The summed E-state index contributed by atoms with van der Waals surface area (Å²) in [6.07, 6.45) is 1.57. The Bertz CT molecular complexity index is 643. The molecule has 1 unspecified atom stereocenters. The van der Waals surface area contributed by atoms with Crippen molar-refractivity contribution in [2.75, 3.05) is 11.9 Å². The molecule has 1 aromatic heterocycles. The Morgan fingerprint density at radius 3 is 3.10 bits per heavy atom. The summed E-state index contributed by atoms with van der Waals surface area (Å²) in [5, 5.41) is 10.1. The Morgan fingerprint density at radius 2 is 2.33 bits per heavy atom. The number of carbonyl (C=O) groups is 1. The number of nitrogens with one attached hydrogen (secondary N) is 1. The largest absolute Gasteiger partial charge is 0.405 e.